The van der Waals surface area contributed by atoms with Gasteiger partial charge in [-0.25, -0.2) is 9.78 Å². The van der Waals surface area contributed by atoms with E-state index < -0.39 is 5.97 Å². The van der Waals surface area contributed by atoms with Crippen LogP contribution in [0.1, 0.15) is 16.1 Å². The van der Waals surface area contributed by atoms with E-state index >= 15 is 0 Å². The fourth-order valence-corrected chi connectivity index (χ4v) is 2.22. The standard InChI is InChI=1S/C15H12N2O2/c1-10-13(11-6-3-2-4-7-11)16-14-12(15(18)19)8-5-9-17(10)14/h2-9H,1H3,(H,18,19). The van der Waals surface area contributed by atoms with E-state index in [9.17, 15) is 9.90 Å². The first-order valence-corrected chi connectivity index (χ1v) is 5.95. The summed E-state index contributed by atoms with van der Waals surface area (Å²) in [4.78, 5) is 15.7. The maximum Gasteiger partial charge on any atom is 0.339 e. The van der Waals surface area contributed by atoms with Crippen LogP contribution in [0.2, 0.25) is 0 Å². The number of carbonyl (C=O) groups is 1. The molecule has 19 heavy (non-hydrogen) atoms. The van der Waals surface area contributed by atoms with E-state index in [4.69, 9.17) is 0 Å². The van der Waals surface area contributed by atoms with E-state index in [1.807, 2.05) is 47.9 Å². The Morgan fingerprint density at radius 3 is 2.58 bits per heavy atom. The topological polar surface area (TPSA) is 54.6 Å². The Hall–Kier alpha value is -2.62. The number of imidazole rings is 1. The Labute approximate surface area is 110 Å². The Morgan fingerprint density at radius 2 is 1.89 bits per heavy atom. The van der Waals surface area contributed by atoms with Gasteiger partial charge in [-0.3, -0.25) is 0 Å². The molecule has 0 fully saturated rings. The first kappa shape index (κ1) is 11.5. The van der Waals surface area contributed by atoms with Gasteiger partial charge < -0.3 is 9.51 Å². The van der Waals surface area contributed by atoms with Crippen LogP contribution in [0.5, 0.6) is 0 Å². The number of aromatic carboxylic acids is 1. The molecule has 0 spiro atoms. The summed E-state index contributed by atoms with van der Waals surface area (Å²) < 4.78 is 1.81. The summed E-state index contributed by atoms with van der Waals surface area (Å²) in [6.45, 7) is 1.94. The minimum Gasteiger partial charge on any atom is -0.478 e. The van der Waals surface area contributed by atoms with Gasteiger partial charge in [0.05, 0.1) is 5.69 Å². The number of hydrogen-bond donors (Lipinski definition) is 1. The minimum absolute atomic E-state index is 0.216. The lowest BCUT2D eigenvalue weighted by atomic mass is 10.1. The number of hydrogen-bond acceptors (Lipinski definition) is 2. The highest BCUT2D eigenvalue weighted by atomic mass is 16.4. The molecule has 1 N–H and O–H groups in total. The van der Waals surface area contributed by atoms with Crippen LogP contribution in [-0.4, -0.2) is 20.5 Å². The second kappa shape index (κ2) is 4.24. The first-order chi connectivity index (χ1) is 9.18. The molecule has 1 aromatic carbocycles. The van der Waals surface area contributed by atoms with Gasteiger partial charge in [-0.1, -0.05) is 30.3 Å². The molecule has 2 aromatic heterocycles. The highest BCUT2D eigenvalue weighted by Gasteiger charge is 2.15. The van der Waals surface area contributed by atoms with Crippen LogP contribution in [0.25, 0.3) is 16.9 Å². The third-order valence-corrected chi connectivity index (χ3v) is 3.17. The Bertz CT molecular complexity index is 760. The van der Waals surface area contributed by atoms with Gasteiger partial charge in [-0.05, 0) is 19.1 Å². The normalized spacial score (nSPS) is 10.8. The summed E-state index contributed by atoms with van der Waals surface area (Å²) >= 11 is 0. The van der Waals surface area contributed by atoms with Crippen molar-refractivity contribution in [1.29, 1.82) is 0 Å². The summed E-state index contributed by atoms with van der Waals surface area (Å²) in [6, 6.07) is 13.0. The van der Waals surface area contributed by atoms with Gasteiger partial charge >= 0.3 is 5.97 Å². The van der Waals surface area contributed by atoms with Gasteiger partial charge in [-0.2, -0.15) is 0 Å². The van der Waals surface area contributed by atoms with Crippen LogP contribution in [0.4, 0.5) is 0 Å². The van der Waals surface area contributed by atoms with Crippen LogP contribution in [0, 0.1) is 6.92 Å². The van der Waals surface area contributed by atoms with Gasteiger partial charge in [0.15, 0.2) is 5.65 Å². The summed E-state index contributed by atoms with van der Waals surface area (Å²) in [7, 11) is 0. The molecule has 0 aliphatic rings. The van der Waals surface area contributed by atoms with Gasteiger partial charge in [0.25, 0.3) is 0 Å². The van der Waals surface area contributed by atoms with Crippen molar-refractivity contribution in [2.75, 3.05) is 0 Å². The molecule has 0 aliphatic carbocycles. The van der Waals surface area contributed by atoms with Crippen molar-refractivity contribution in [3.05, 3.63) is 59.9 Å². The Kier molecular flexibility index (Phi) is 2.56. The molecule has 0 aliphatic heterocycles. The number of aryl methyl sites for hydroxylation is 1. The minimum atomic E-state index is -0.963. The fraction of sp³-hybridized carbons (Fsp3) is 0.0667. The number of rotatable bonds is 2. The van der Waals surface area contributed by atoms with Crippen molar-refractivity contribution in [3.8, 4) is 11.3 Å². The predicted octanol–water partition coefficient (Wildman–Crippen LogP) is 3.01. The molecule has 2 heterocycles. The number of pyridine rings is 1. The number of carboxylic acid groups (broad SMARTS) is 1. The molecule has 4 heteroatoms. The molecule has 0 bridgehead atoms. The molecule has 0 atom stereocenters. The fourth-order valence-electron chi connectivity index (χ4n) is 2.22. The second-order valence-electron chi connectivity index (χ2n) is 4.33. The molecule has 3 aromatic rings. The molecular weight excluding hydrogens is 240 g/mol. The highest BCUT2D eigenvalue weighted by molar-refractivity contribution is 5.95. The van der Waals surface area contributed by atoms with Crippen molar-refractivity contribution >= 4 is 11.6 Å². The van der Waals surface area contributed by atoms with Crippen molar-refractivity contribution in [3.63, 3.8) is 0 Å². The first-order valence-electron chi connectivity index (χ1n) is 5.95. The zero-order valence-corrected chi connectivity index (χ0v) is 10.4. The number of nitrogens with zero attached hydrogens (tertiary/aromatic N) is 2. The SMILES string of the molecule is Cc1c(-c2ccccc2)nc2c(C(=O)O)cccn12. The van der Waals surface area contributed by atoms with E-state index in [0.29, 0.717) is 5.65 Å². The maximum absolute atomic E-state index is 11.2. The van der Waals surface area contributed by atoms with E-state index in [1.165, 1.54) is 0 Å². The predicted molar refractivity (Wildman–Crippen MR) is 72.3 cm³/mol. The molecule has 3 rings (SSSR count). The lowest BCUT2D eigenvalue weighted by Gasteiger charge is -1.99. The monoisotopic (exact) mass is 252 g/mol. The zero-order chi connectivity index (χ0) is 13.4. The largest absolute Gasteiger partial charge is 0.478 e. The van der Waals surface area contributed by atoms with Crippen molar-refractivity contribution in [2.45, 2.75) is 6.92 Å². The van der Waals surface area contributed by atoms with Crippen LogP contribution in [-0.2, 0) is 0 Å². The van der Waals surface area contributed by atoms with Crippen LogP contribution in [0.15, 0.2) is 48.7 Å². The summed E-state index contributed by atoms with van der Waals surface area (Å²) in [5.74, 6) is -0.963. The summed E-state index contributed by atoms with van der Waals surface area (Å²) in [6.07, 6.45) is 1.83. The molecule has 94 valence electrons. The van der Waals surface area contributed by atoms with Crippen LogP contribution >= 0.6 is 0 Å². The quantitative estimate of drug-likeness (QED) is 0.762. The van der Waals surface area contributed by atoms with E-state index in [0.717, 1.165) is 17.0 Å². The lowest BCUT2D eigenvalue weighted by Crippen LogP contribution is -2.00. The lowest BCUT2D eigenvalue weighted by molar-refractivity contribution is 0.0698. The molecular formula is C15H12N2O2. The van der Waals surface area contributed by atoms with Gasteiger partial charge in [0, 0.05) is 17.5 Å². The average Bonchev–Trinajstić information content (AvgIpc) is 2.77. The number of fused-ring (bicyclic) bond motifs is 1. The van der Waals surface area contributed by atoms with Gasteiger partial charge in [-0.15, -0.1) is 0 Å². The third-order valence-electron chi connectivity index (χ3n) is 3.17. The number of benzene rings is 1. The van der Waals surface area contributed by atoms with Gasteiger partial charge in [0.1, 0.15) is 5.56 Å². The van der Waals surface area contributed by atoms with Crippen molar-refractivity contribution in [2.24, 2.45) is 0 Å². The average molecular weight is 252 g/mol. The molecule has 0 saturated heterocycles. The summed E-state index contributed by atoms with van der Waals surface area (Å²) in [5.41, 5.74) is 3.43. The maximum atomic E-state index is 11.2. The van der Waals surface area contributed by atoms with Crippen LogP contribution in [0.3, 0.4) is 0 Å². The van der Waals surface area contributed by atoms with Crippen molar-refractivity contribution in [1.82, 2.24) is 9.38 Å². The number of aromatic nitrogens is 2. The van der Waals surface area contributed by atoms with Crippen LogP contribution < -0.4 is 0 Å². The zero-order valence-electron chi connectivity index (χ0n) is 10.4. The van der Waals surface area contributed by atoms with Crippen molar-refractivity contribution < 1.29 is 9.90 Å². The number of carboxylic acids is 1. The molecule has 0 unspecified atom stereocenters. The van der Waals surface area contributed by atoms with E-state index in [-0.39, 0.29) is 5.56 Å². The van der Waals surface area contributed by atoms with E-state index in [2.05, 4.69) is 4.98 Å². The van der Waals surface area contributed by atoms with Gasteiger partial charge in [0.2, 0.25) is 0 Å². The Balaban J connectivity index is 2.32. The second-order valence-corrected chi connectivity index (χ2v) is 4.33. The highest BCUT2D eigenvalue weighted by Crippen LogP contribution is 2.24. The molecule has 0 amide bonds. The smallest absolute Gasteiger partial charge is 0.339 e. The molecule has 4 nitrogen and oxygen atoms in total. The van der Waals surface area contributed by atoms with E-state index in [1.54, 1.807) is 12.1 Å². The molecule has 0 radical (unpaired) electrons. The Morgan fingerprint density at radius 1 is 1.16 bits per heavy atom. The summed E-state index contributed by atoms with van der Waals surface area (Å²) in [5, 5.41) is 9.20. The molecule has 0 saturated carbocycles. The third kappa shape index (κ3) is 1.78.